The molecule has 0 atom stereocenters. The summed E-state index contributed by atoms with van der Waals surface area (Å²) in [7, 11) is 1.64. The SMILES string of the molecule is COc1cccc(-c2cc(CC3(O)CCN(CCn4cnnc4C)CC3)on2)c1. The van der Waals surface area contributed by atoms with Crippen LogP contribution in [0.2, 0.25) is 0 Å². The van der Waals surface area contributed by atoms with Crippen LogP contribution in [0.5, 0.6) is 5.75 Å². The number of likely N-dealkylation sites (tertiary alicyclic amines) is 1. The van der Waals surface area contributed by atoms with Gasteiger partial charge in [-0.2, -0.15) is 0 Å². The lowest BCUT2D eigenvalue weighted by Crippen LogP contribution is -2.46. The monoisotopic (exact) mass is 397 g/mol. The molecule has 2 aromatic heterocycles. The first-order valence-electron chi connectivity index (χ1n) is 9.94. The molecule has 0 spiro atoms. The second-order valence-electron chi connectivity index (χ2n) is 7.72. The summed E-state index contributed by atoms with van der Waals surface area (Å²) < 4.78 is 12.8. The van der Waals surface area contributed by atoms with E-state index in [1.54, 1.807) is 13.4 Å². The number of piperidine rings is 1. The number of nitrogens with zero attached hydrogens (tertiary/aromatic N) is 5. The van der Waals surface area contributed by atoms with Crippen molar-refractivity contribution in [1.82, 2.24) is 24.8 Å². The molecule has 8 nitrogen and oxygen atoms in total. The maximum absolute atomic E-state index is 11.0. The molecule has 1 aliphatic rings. The zero-order valence-electron chi connectivity index (χ0n) is 16.9. The lowest BCUT2D eigenvalue weighted by molar-refractivity contribution is -0.0253. The van der Waals surface area contributed by atoms with Crippen molar-refractivity contribution < 1.29 is 14.4 Å². The Morgan fingerprint density at radius 3 is 2.76 bits per heavy atom. The normalized spacial score (nSPS) is 16.8. The fourth-order valence-electron chi connectivity index (χ4n) is 3.79. The molecule has 0 radical (unpaired) electrons. The quantitative estimate of drug-likeness (QED) is 0.654. The molecule has 1 saturated heterocycles. The third kappa shape index (κ3) is 4.65. The van der Waals surface area contributed by atoms with E-state index in [0.29, 0.717) is 25.0 Å². The largest absolute Gasteiger partial charge is 0.497 e. The van der Waals surface area contributed by atoms with Gasteiger partial charge in [-0.25, -0.2) is 0 Å². The third-order valence-corrected chi connectivity index (χ3v) is 5.68. The van der Waals surface area contributed by atoms with Crippen LogP contribution in [-0.4, -0.2) is 62.3 Å². The summed E-state index contributed by atoms with van der Waals surface area (Å²) in [5.41, 5.74) is 0.934. The second kappa shape index (κ2) is 8.34. The molecule has 1 aromatic carbocycles. The predicted molar refractivity (Wildman–Crippen MR) is 108 cm³/mol. The number of rotatable bonds is 7. The number of methoxy groups -OCH3 is 1. The van der Waals surface area contributed by atoms with Gasteiger partial charge in [-0.3, -0.25) is 0 Å². The van der Waals surface area contributed by atoms with Gasteiger partial charge in [0.1, 0.15) is 29.4 Å². The van der Waals surface area contributed by atoms with Crippen molar-refractivity contribution >= 4 is 0 Å². The van der Waals surface area contributed by atoms with Crippen molar-refractivity contribution in [3.05, 3.63) is 48.2 Å². The molecular formula is C21H27N5O3. The van der Waals surface area contributed by atoms with E-state index >= 15 is 0 Å². The summed E-state index contributed by atoms with van der Waals surface area (Å²) in [6.07, 6.45) is 3.66. The van der Waals surface area contributed by atoms with Crippen LogP contribution in [0, 0.1) is 6.92 Å². The second-order valence-corrected chi connectivity index (χ2v) is 7.72. The van der Waals surface area contributed by atoms with Crippen molar-refractivity contribution in [2.75, 3.05) is 26.7 Å². The summed E-state index contributed by atoms with van der Waals surface area (Å²) in [5.74, 6) is 2.41. The molecule has 29 heavy (non-hydrogen) atoms. The molecule has 1 N–H and O–H groups in total. The average molecular weight is 397 g/mol. The average Bonchev–Trinajstić information content (AvgIpc) is 3.36. The minimum Gasteiger partial charge on any atom is -0.497 e. The smallest absolute Gasteiger partial charge is 0.140 e. The molecule has 0 aliphatic carbocycles. The van der Waals surface area contributed by atoms with Crippen molar-refractivity contribution in [2.45, 2.75) is 38.3 Å². The highest BCUT2D eigenvalue weighted by atomic mass is 16.5. The van der Waals surface area contributed by atoms with Gasteiger partial charge >= 0.3 is 0 Å². The molecule has 0 unspecified atom stereocenters. The molecule has 1 fully saturated rings. The van der Waals surface area contributed by atoms with Gasteiger partial charge in [0, 0.05) is 44.2 Å². The number of hydrogen-bond donors (Lipinski definition) is 1. The lowest BCUT2D eigenvalue weighted by atomic mass is 9.87. The van der Waals surface area contributed by atoms with E-state index in [4.69, 9.17) is 9.26 Å². The van der Waals surface area contributed by atoms with Gasteiger partial charge in [0.2, 0.25) is 0 Å². The minimum atomic E-state index is -0.756. The topological polar surface area (TPSA) is 89.4 Å². The van der Waals surface area contributed by atoms with Crippen molar-refractivity contribution in [3.8, 4) is 17.0 Å². The zero-order valence-corrected chi connectivity index (χ0v) is 16.9. The maximum Gasteiger partial charge on any atom is 0.140 e. The predicted octanol–water partition coefficient (Wildman–Crippen LogP) is 2.32. The summed E-state index contributed by atoms with van der Waals surface area (Å²) in [5, 5.41) is 23.1. The lowest BCUT2D eigenvalue weighted by Gasteiger charge is -2.37. The first-order valence-corrected chi connectivity index (χ1v) is 9.94. The molecule has 1 aliphatic heterocycles. The standard InChI is InChI=1S/C21H27N5O3/c1-16-23-22-15-26(16)11-10-25-8-6-21(27,7-9-25)14-19-13-20(24-29-19)17-4-3-5-18(12-17)28-2/h3-5,12-13,15,27H,6-11,14H2,1-2H3. The highest BCUT2D eigenvalue weighted by Gasteiger charge is 2.33. The Labute approximate surface area is 170 Å². The van der Waals surface area contributed by atoms with Gasteiger partial charge in [-0.15, -0.1) is 10.2 Å². The summed E-state index contributed by atoms with van der Waals surface area (Å²) in [6, 6.07) is 9.62. The van der Waals surface area contributed by atoms with Gasteiger partial charge in [0.15, 0.2) is 0 Å². The van der Waals surface area contributed by atoms with Gasteiger partial charge < -0.3 is 23.8 Å². The molecule has 3 heterocycles. The number of hydrogen-bond acceptors (Lipinski definition) is 7. The van der Waals surface area contributed by atoms with Gasteiger partial charge in [-0.1, -0.05) is 17.3 Å². The van der Waals surface area contributed by atoms with E-state index in [0.717, 1.165) is 49.0 Å². The van der Waals surface area contributed by atoms with E-state index in [1.807, 2.05) is 37.3 Å². The Morgan fingerprint density at radius 1 is 1.21 bits per heavy atom. The molecule has 0 bridgehead atoms. The molecule has 8 heteroatoms. The van der Waals surface area contributed by atoms with Crippen LogP contribution in [-0.2, 0) is 13.0 Å². The van der Waals surface area contributed by atoms with E-state index < -0.39 is 5.60 Å². The van der Waals surface area contributed by atoms with E-state index in [9.17, 15) is 5.11 Å². The number of aromatic nitrogens is 4. The molecule has 3 aromatic rings. The molecule has 0 amide bonds. The van der Waals surface area contributed by atoms with Crippen LogP contribution in [0.25, 0.3) is 11.3 Å². The van der Waals surface area contributed by atoms with E-state index in [1.165, 1.54) is 0 Å². The Kier molecular flexibility index (Phi) is 5.64. The minimum absolute atomic E-state index is 0.475. The first-order chi connectivity index (χ1) is 14.0. The Balaban J connectivity index is 1.32. The molecular weight excluding hydrogens is 370 g/mol. The summed E-state index contributed by atoms with van der Waals surface area (Å²) in [4.78, 5) is 2.37. The Morgan fingerprint density at radius 2 is 2.03 bits per heavy atom. The molecule has 154 valence electrons. The van der Waals surface area contributed by atoms with Crippen molar-refractivity contribution in [3.63, 3.8) is 0 Å². The summed E-state index contributed by atoms with van der Waals surface area (Å²) in [6.45, 7) is 5.46. The number of aryl methyl sites for hydroxylation is 1. The molecule has 4 rings (SSSR count). The number of benzene rings is 1. The van der Waals surface area contributed by atoms with Crippen LogP contribution in [0.1, 0.15) is 24.4 Å². The van der Waals surface area contributed by atoms with Gasteiger partial charge in [-0.05, 0) is 31.9 Å². The molecule has 0 saturated carbocycles. The van der Waals surface area contributed by atoms with E-state index in [2.05, 4.69) is 24.8 Å². The number of ether oxygens (including phenoxy) is 1. The van der Waals surface area contributed by atoms with Crippen LogP contribution in [0.4, 0.5) is 0 Å². The highest BCUT2D eigenvalue weighted by molar-refractivity contribution is 5.60. The number of aliphatic hydroxyl groups is 1. The maximum atomic E-state index is 11.0. The fourth-order valence-corrected chi connectivity index (χ4v) is 3.79. The van der Waals surface area contributed by atoms with E-state index in [-0.39, 0.29) is 0 Å². The zero-order chi connectivity index (χ0) is 20.3. The van der Waals surface area contributed by atoms with Crippen molar-refractivity contribution in [2.24, 2.45) is 0 Å². The van der Waals surface area contributed by atoms with Crippen LogP contribution in [0.3, 0.4) is 0 Å². The third-order valence-electron chi connectivity index (χ3n) is 5.68. The van der Waals surface area contributed by atoms with Gasteiger partial charge in [0.25, 0.3) is 0 Å². The fraction of sp³-hybridized carbons (Fsp3) is 0.476. The van der Waals surface area contributed by atoms with Crippen molar-refractivity contribution in [1.29, 1.82) is 0 Å². The van der Waals surface area contributed by atoms with Gasteiger partial charge in [0.05, 0.1) is 12.7 Å². The Hall–Kier alpha value is -2.71. The van der Waals surface area contributed by atoms with Crippen LogP contribution < -0.4 is 4.74 Å². The van der Waals surface area contributed by atoms with Crippen LogP contribution in [0.15, 0.2) is 41.2 Å². The van der Waals surface area contributed by atoms with Crippen LogP contribution >= 0.6 is 0 Å². The summed E-state index contributed by atoms with van der Waals surface area (Å²) >= 11 is 0. The Bertz CT molecular complexity index is 943. The highest BCUT2D eigenvalue weighted by Crippen LogP contribution is 2.29. The first kappa shape index (κ1) is 19.6.